The van der Waals surface area contributed by atoms with Crippen molar-refractivity contribution >= 4 is 28.3 Å². The highest BCUT2D eigenvalue weighted by Gasteiger charge is 2.44. The van der Waals surface area contributed by atoms with Crippen LogP contribution in [0, 0.1) is 25.5 Å². The number of carbonyl (C=O) groups excluding carboxylic acids is 1. The van der Waals surface area contributed by atoms with Gasteiger partial charge in [-0.05, 0) is 91.3 Å². The molecule has 3 aromatic carbocycles. The Morgan fingerprint density at radius 2 is 1.84 bits per heavy atom. The predicted octanol–water partition coefficient (Wildman–Crippen LogP) is 7.28. The number of aryl methyl sites for hydroxylation is 2. The second kappa shape index (κ2) is 13.0. The maximum absolute atomic E-state index is 16.3. The van der Waals surface area contributed by atoms with Gasteiger partial charge in [-0.25, -0.2) is 8.78 Å². The summed E-state index contributed by atoms with van der Waals surface area (Å²) in [6.07, 6.45) is -4.40. The van der Waals surface area contributed by atoms with Crippen LogP contribution in [0.4, 0.5) is 22.0 Å². The van der Waals surface area contributed by atoms with E-state index in [1.165, 1.54) is 25.1 Å². The second-order valence-electron chi connectivity index (χ2n) is 12.5. The van der Waals surface area contributed by atoms with Crippen molar-refractivity contribution in [3.63, 3.8) is 0 Å². The Bertz CT molecular complexity index is 2170. The van der Waals surface area contributed by atoms with Crippen LogP contribution in [0.15, 0.2) is 72.2 Å². The number of halogens is 5. The number of aromatic nitrogens is 1. The topological polar surface area (TPSA) is 97.6 Å². The summed E-state index contributed by atoms with van der Waals surface area (Å²) in [7, 11) is 0. The third-order valence-electron chi connectivity index (χ3n) is 8.95. The molecular formula is C37H31F5N2O5S. The summed E-state index contributed by atoms with van der Waals surface area (Å²) in [5, 5.41) is 15.3. The Kier molecular flexibility index (Phi) is 9.09. The summed E-state index contributed by atoms with van der Waals surface area (Å²) in [6.45, 7) is 6.71. The Balaban J connectivity index is 1.69. The monoisotopic (exact) mass is 710 g/mol. The number of fused-ring (bicyclic) bond motifs is 6. The first-order valence-electron chi connectivity index (χ1n) is 15.6. The molecule has 1 saturated carbocycles. The molecule has 0 spiro atoms. The number of pyridine rings is 1. The number of aliphatic carboxylic acids is 1. The molecule has 1 fully saturated rings. The molecule has 2 N–H and O–H groups in total. The van der Waals surface area contributed by atoms with Crippen molar-refractivity contribution in [3.8, 4) is 16.9 Å². The molecule has 2 aliphatic rings. The number of ether oxygens (including phenoxy) is 1. The summed E-state index contributed by atoms with van der Waals surface area (Å²) in [6, 6.07) is 10.6. The molecule has 0 saturated heterocycles. The van der Waals surface area contributed by atoms with Crippen LogP contribution in [0.2, 0.25) is 0 Å². The van der Waals surface area contributed by atoms with E-state index in [1.54, 1.807) is 18.2 Å². The van der Waals surface area contributed by atoms with Crippen LogP contribution in [-0.2, 0) is 27.2 Å². The zero-order valence-corrected chi connectivity index (χ0v) is 27.7. The molecule has 260 valence electrons. The van der Waals surface area contributed by atoms with Crippen molar-refractivity contribution in [1.82, 2.24) is 9.88 Å². The van der Waals surface area contributed by atoms with Crippen LogP contribution in [0.1, 0.15) is 70.2 Å². The van der Waals surface area contributed by atoms with Crippen molar-refractivity contribution in [1.29, 1.82) is 0 Å². The standard InChI is InChI=1S/C37H31F5N2O5S/c1-4-50-36(17-29(45)46)26-16-23(14-20(3)32(26)39)30-19(2)6-5-7-28(30)49-18-21-8-11-27(38)24(15-21)33(34(47)43-36)44-13-12-25(37(40,41)42)31(35(44)48)22-9-10-22/h5-8,11-16,22,33,50H,1,9-10,17-18H2,2-3H3,(H,43,47)(H,45,46)/t33-,36-/m0/s1. The van der Waals surface area contributed by atoms with E-state index >= 15 is 8.78 Å². The highest BCUT2D eigenvalue weighted by Crippen LogP contribution is 2.45. The van der Waals surface area contributed by atoms with Crippen LogP contribution in [0.3, 0.4) is 0 Å². The fourth-order valence-electron chi connectivity index (χ4n) is 6.56. The van der Waals surface area contributed by atoms with Gasteiger partial charge < -0.3 is 15.2 Å². The maximum Gasteiger partial charge on any atom is 0.416 e. The number of hydrogen-bond donors (Lipinski definition) is 3. The number of nitrogens with zero attached hydrogens (tertiary/aromatic N) is 1. The summed E-state index contributed by atoms with van der Waals surface area (Å²) in [5.74, 6) is -4.81. The number of hydrogen-bond acceptors (Lipinski definition) is 4. The maximum atomic E-state index is 16.3. The second-order valence-corrected chi connectivity index (χ2v) is 13.8. The van der Waals surface area contributed by atoms with Gasteiger partial charge in [-0.15, -0.1) is 11.4 Å². The molecule has 1 aliphatic heterocycles. The zero-order valence-electron chi connectivity index (χ0n) is 26.8. The van der Waals surface area contributed by atoms with Gasteiger partial charge in [0.1, 0.15) is 34.9 Å². The Morgan fingerprint density at radius 3 is 2.50 bits per heavy atom. The molecule has 2 atom stereocenters. The molecule has 13 heteroatoms. The van der Waals surface area contributed by atoms with Crippen molar-refractivity contribution in [2.75, 3.05) is 0 Å². The van der Waals surface area contributed by atoms with Gasteiger partial charge in [-0.3, -0.25) is 19.0 Å². The number of benzene rings is 3. The lowest BCUT2D eigenvalue weighted by Gasteiger charge is -2.34. The van der Waals surface area contributed by atoms with Crippen molar-refractivity contribution in [3.05, 3.63) is 128 Å². The van der Waals surface area contributed by atoms with Crippen LogP contribution < -0.4 is 15.6 Å². The minimum absolute atomic E-state index is 0.0999. The number of thiol groups is 1. The van der Waals surface area contributed by atoms with E-state index in [4.69, 9.17) is 4.74 Å². The van der Waals surface area contributed by atoms with Gasteiger partial charge in [-0.1, -0.05) is 29.8 Å². The minimum atomic E-state index is -4.88. The smallest absolute Gasteiger partial charge is 0.416 e. The van der Waals surface area contributed by atoms with Crippen LogP contribution >= 0.6 is 11.4 Å². The van der Waals surface area contributed by atoms with Gasteiger partial charge in [0, 0.05) is 28.5 Å². The lowest BCUT2D eigenvalue weighted by Crippen LogP contribution is -2.49. The fourth-order valence-corrected chi connectivity index (χ4v) is 7.49. The largest absolute Gasteiger partial charge is 0.488 e. The molecule has 7 nitrogen and oxygen atoms in total. The molecular weight excluding hydrogens is 679 g/mol. The van der Waals surface area contributed by atoms with Gasteiger partial charge in [0.05, 0.1) is 12.0 Å². The summed E-state index contributed by atoms with van der Waals surface area (Å²) < 4.78 is 81.4. The van der Waals surface area contributed by atoms with E-state index in [-0.39, 0.29) is 29.1 Å². The SMILES string of the molecule is C=C=[SH][C@]1(CC(=O)O)NC(=O)[C@@H](n2ccc(C(F)(F)F)c(C3CC3)c2=O)c2cc(ccc2F)COc2cccc(C)c2-c2cc(C)c(F)c1c2. The lowest BCUT2D eigenvalue weighted by atomic mass is 9.91. The van der Waals surface area contributed by atoms with E-state index in [2.05, 4.69) is 16.9 Å². The number of nitrogens with one attached hydrogen (secondary N) is 1. The van der Waals surface area contributed by atoms with E-state index in [1.807, 2.05) is 13.0 Å². The molecule has 4 aromatic rings. The molecule has 0 radical (unpaired) electrons. The van der Waals surface area contributed by atoms with Crippen molar-refractivity contribution in [2.45, 2.75) is 62.7 Å². The Hall–Kier alpha value is -5.00. The summed E-state index contributed by atoms with van der Waals surface area (Å²) in [5.41, 5.74) is -1.34. The minimum Gasteiger partial charge on any atom is -0.488 e. The Morgan fingerprint density at radius 1 is 1.10 bits per heavy atom. The van der Waals surface area contributed by atoms with E-state index in [9.17, 15) is 32.7 Å². The summed E-state index contributed by atoms with van der Waals surface area (Å²) in [4.78, 5) is 38.9. The highest BCUT2D eigenvalue weighted by atomic mass is 32.1. The molecule has 4 bridgehead atoms. The highest BCUT2D eigenvalue weighted by molar-refractivity contribution is 7.98. The molecule has 1 aliphatic carbocycles. The van der Waals surface area contributed by atoms with Gasteiger partial charge in [-0.2, -0.15) is 13.2 Å². The first-order valence-corrected chi connectivity index (χ1v) is 16.5. The molecule has 50 heavy (non-hydrogen) atoms. The zero-order chi connectivity index (χ0) is 36.1. The van der Waals surface area contributed by atoms with Gasteiger partial charge in [0.25, 0.3) is 5.56 Å². The first-order chi connectivity index (χ1) is 23.6. The third kappa shape index (κ3) is 6.38. The van der Waals surface area contributed by atoms with Gasteiger partial charge >= 0.3 is 12.1 Å². The number of amides is 1. The molecule has 2 heterocycles. The number of carboxylic acid groups (broad SMARTS) is 1. The normalized spacial score (nSPS) is 19.0. The number of carboxylic acids is 1. The first kappa shape index (κ1) is 34.8. The fraction of sp³-hybridized carbons (Fsp3) is 0.270. The average Bonchev–Trinajstić information content (AvgIpc) is 3.87. The van der Waals surface area contributed by atoms with Crippen LogP contribution in [-0.4, -0.2) is 26.6 Å². The number of rotatable bonds is 5. The van der Waals surface area contributed by atoms with Crippen LogP contribution in [0.25, 0.3) is 11.1 Å². The van der Waals surface area contributed by atoms with Crippen molar-refractivity contribution < 1.29 is 41.4 Å². The predicted molar refractivity (Wildman–Crippen MR) is 180 cm³/mol. The molecule has 0 unspecified atom stereocenters. The molecule has 1 aromatic heterocycles. The average molecular weight is 711 g/mol. The Labute approximate surface area is 287 Å². The van der Waals surface area contributed by atoms with Gasteiger partial charge in [0.2, 0.25) is 5.91 Å². The third-order valence-corrected chi connectivity index (χ3v) is 10.0. The van der Waals surface area contributed by atoms with E-state index < -0.39 is 75.2 Å². The van der Waals surface area contributed by atoms with E-state index in [0.29, 0.717) is 45.9 Å². The van der Waals surface area contributed by atoms with Crippen LogP contribution in [0.5, 0.6) is 5.75 Å². The number of alkyl halides is 3. The van der Waals surface area contributed by atoms with E-state index in [0.717, 1.165) is 17.8 Å². The molecule has 1 amide bonds. The van der Waals surface area contributed by atoms with Crippen molar-refractivity contribution in [2.24, 2.45) is 0 Å². The molecule has 6 rings (SSSR count). The summed E-state index contributed by atoms with van der Waals surface area (Å²) >= 11 is -0.118. The quantitative estimate of drug-likeness (QED) is 0.115. The lowest BCUT2D eigenvalue weighted by molar-refractivity contribution is -0.139. The number of carbonyl (C=O) groups is 2. The van der Waals surface area contributed by atoms with Gasteiger partial charge in [0.15, 0.2) is 0 Å².